The normalized spacial score (nSPS) is 10.3. The average molecular weight is 277 g/mol. The summed E-state index contributed by atoms with van der Waals surface area (Å²) in [5.41, 5.74) is 2.16. The van der Waals surface area contributed by atoms with Crippen LogP contribution in [0.5, 0.6) is 11.5 Å². The molecule has 0 radical (unpaired) electrons. The first-order valence-corrected chi connectivity index (χ1v) is 6.13. The summed E-state index contributed by atoms with van der Waals surface area (Å²) in [5, 5.41) is 9.06. The third kappa shape index (κ3) is 3.06. The molecule has 98 valence electrons. The van der Waals surface area contributed by atoms with Crippen LogP contribution in [-0.4, -0.2) is 11.1 Å². The fraction of sp³-hybridized carbons (Fsp3) is 0.133. The fourth-order valence-corrected chi connectivity index (χ4v) is 1.93. The number of rotatable bonds is 3. The first kappa shape index (κ1) is 13.4. The van der Waals surface area contributed by atoms with Crippen molar-refractivity contribution in [3.63, 3.8) is 0 Å². The predicted octanol–water partition coefficient (Wildman–Crippen LogP) is 4.45. The smallest absolute Gasteiger partial charge is 0.337 e. The van der Waals surface area contributed by atoms with E-state index in [1.54, 1.807) is 6.07 Å². The van der Waals surface area contributed by atoms with E-state index in [2.05, 4.69) is 0 Å². The van der Waals surface area contributed by atoms with E-state index in [-0.39, 0.29) is 10.6 Å². The largest absolute Gasteiger partial charge is 0.478 e. The second-order valence-corrected chi connectivity index (χ2v) is 4.73. The molecule has 0 aliphatic rings. The summed E-state index contributed by atoms with van der Waals surface area (Å²) in [6.45, 7) is 3.93. The van der Waals surface area contributed by atoms with Crippen molar-refractivity contribution in [2.45, 2.75) is 13.8 Å². The third-order valence-electron chi connectivity index (χ3n) is 2.74. The lowest BCUT2D eigenvalue weighted by atomic mass is 10.1. The Kier molecular flexibility index (Phi) is 3.76. The molecule has 0 amide bonds. The molecular weight excluding hydrogens is 264 g/mol. The maximum Gasteiger partial charge on any atom is 0.337 e. The predicted molar refractivity (Wildman–Crippen MR) is 74.4 cm³/mol. The molecule has 0 aliphatic heterocycles. The van der Waals surface area contributed by atoms with Crippen LogP contribution in [0.1, 0.15) is 21.5 Å². The number of carbonyl (C=O) groups is 1. The number of aryl methyl sites for hydroxylation is 2. The van der Waals surface area contributed by atoms with Gasteiger partial charge in [-0.1, -0.05) is 23.7 Å². The van der Waals surface area contributed by atoms with Gasteiger partial charge in [-0.25, -0.2) is 4.79 Å². The number of benzene rings is 2. The Hall–Kier alpha value is -2.00. The van der Waals surface area contributed by atoms with E-state index in [9.17, 15) is 4.79 Å². The second-order valence-electron chi connectivity index (χ2n) is 4.32. The molecule has 1 N–H and O–H groups in total. The molecule has 0 atom stereocenters. The van der Waals surface area contributed by atoms with Crippen molar-refractivity contribution in [3.8, 4) is 11.5 Å². The van der Waals surface area contributed by atoms with Gasteiger partial charge in [0.05, 0.1) is 10.6 Å². The number of ether oxygens (including phenoxy) is 1. The van der Waals surface area contributed by atoms with Crippen molar-refractivity contribution in [2.75, 3.05) is 0 Å². The van der Waals surface area contributed by atoms with E-state index in [0.717, 1.165) is 16.9 Å². The maximum absolute atomic E-state index is 10.9. The Morgan fingerprint density at radius 3 is 2.53 bits per heavy atom. The molecular formula is C15H13ClO3. The van der Waals surface area contributed by atoms with Crippen LogP contribution >= 0.6 is 11.6 Å². The summed E-state index contributed by atoms with van der Waals surface area (Å²) in [4.78, 5) is 10.9. The lowest BCUT2D eigenvalue weighted by Crippen LogP contribution is -1.97. The second kappa shape index (κ2) is 5.33. The minimum absolute atomic E-state index is 0.0648. The van der Waals surface area contributed by atoms with Crippen molar-refractivity contribution >= 4 is 17.6 Å². The topological polar surface area (TPSA) is 46.5 Å². The summed E-state index contributed by atoms with van der Waals surface area (Å²) in [7, 11) is 0. The van der Waals surface area contributed by atoms with Crippen LogP contribution in [-0.2, 0) is 0 Å². The standard InChI is InChI=1S/C15H13ClO3/c1-9-3-4-10(2)14(7-9)19-11-5-6-12(15(17)18)13(16)8-11/h3-8H,1-2H3,(H,17,18). The van der Waals surface area contributed by atoms with Gasteiger partial charge in [-0.2, -0.15) is 0 Å². The van der Waals surface area contributed by atoms with E-state index in [1.807, 2.05) is 32.0 Å². The van der Waals surface area contributed by atoms with E-state index >= 15 is 0 Å². The quantitative estimate of drug-likeness (QED) is 0.901. The number of aromatic carboxylic acids is 1. The van der Waals surface area contributed by atoms with Gasteiger partial charge in [0.25, 0.3) is 0 Å². The minimum Gasteiger partial charge on any atom is -0.478 e. The number of carboxylic acids is 1. The number of carboxylic acid groups (broad SMARTS) is 1. The van der Waals surface area contributed by atoms with Crippen LogP contribution < -0.4 is 4.74 Å². The Labute approximate surface area is 116 Å². The molecule has 2 rings (SSSR count). The molecule has 19 heavy (non-hydrogen) atoms. The van der Waals surface area contributed by atoms with Crippen LogP contribution in [0.3, 0.4) is 0 Å². The molecule has 0 saturated carbocycles. The third-order valence-corrected chi connectivity index (χ3v) is 3.06. The van der Waals surface area contributed by atoms with Gasteiger partial charge in [0.15, 0.2) is 0 Å². The number of halogens is 1. The molecule has 0 aromatic heterocycles. The summed E-state index contributed by atoms with van der Waals surface area (Å²) in [6, 6.07) is 10.4. The summed E-state index contributed by atoms with van der Waals surface area (Å²) in [5.74, 6) is 0.200. The Bertz CT molecular complexity index is 635. The maximum atomic E-state index is 10.9. The molecule has 0 saturated heterocycles. The zero-order valence-electron chi connectivity index (χ0n) is 10.6. The van der Waals surface area contributed by atoms with E-state index in [0.29, 0.717) is 5.75 Å². The minimum atomic E-state index is -1.05. The van der Waals surface area contributed by atoms with Gasteiger partial charge in [-0.15, -0.1) is 0 Å². The Morgan fingerprint density at radius 2 is 1.89 bits per heavy atom. The molecule has 0 spiro atoms. The molecule has 0 fully saturated rings. The molecule has 0 unspecified atom stereocenters. The molecule has 3 nitrogen and oxygen atoms in total. The Morgan fingerprint density at radius 1 is 1.16 bits per heavy atom. The molecule has 0 aliphatic carbocycles. The average Bonchev–Trinajstić information content (AvgIpc) is 2.33. The van der Waals surface area contributed by atoms with Gasteiger partial charge in [0, 0.05) is 6.07 Å². The van der Waals surface area contributed by atoms with E-state index < -0.39 is 5.97 Å². The number of hydrogen-bond acceptors (Lipinski definition) is 2. The van der Waals surface area contributed by atoms with Crippen LogP contribution in [0, 0.1) is 13.8 Å². The number of hydrogen-bond donors (Lipinski definition) is 1. The highest BCUT2D eigenvalue weighted by atomic mass is 35.5. The molecule has 2 aromatic carbocycles. The molecule has 4 heteroatoms. The van der Waals surface area contributed by atoms with Crippen molar-refractivity contribution in [2.24, 2.45) is 0 Å². The van der Waals surface area contributed by atoms with Crippen LogP contribution in [0.15, 0.2) is 36.4 Å². The van der Waals surface area contributed by atoms with Gasteiger partial charge >= 0.3 is 5.97 Å². The van der Waals surface area contributed by atoms with Gasteiger partial charge < -0.3 is 9.84 Å². The highest BCUT2D eigenvalue weighted by Gasteiger charge is 2.10. The summed E-state index contributed by atoms with van der Waals surface area (Å²) in [6.07, 6.45) is 0. The lowest BCUT2D eigenvalue weighted by Gasteiger charge is -2.10. The van der Waals surface area contributed by atoms with Crippen molar-refractivity contribution in [3.05, 3.63) is 58.1 Å². The van der Waals surface area contributed by atoms with E-state index in [4.69, 9.17) is 21.4 Å². The van der Waals surface area contributed by atoms with Gasteiger partial charge in [0.1, 0.15) is 11.5 Å². The van der Waals surface area contributed by atoms with Crippen LogP contribution in [0.25, 0.3) is 0 Å². The molecule has 0 heterocycles. The van der Waals surface area contributed by atoms with Gasteiger partial charge in [-0.05, 0) is 43.2 Å². The van der Waals surface area contributed by atoms with Gasteiger partial charge in [-0.3, -0.25) is 0 Å². The monoisotopic (exact) mass is 276 g/mol. The summed E-state index contributed by atoms with van der Waals surface area (Å²) >= 11 is 5.90. The highest BCUT2D eigenvalue weighted by Crippen LogP contribution is 2.29. The van der Waals surface area contributed by atoms with Crippen molar-refractivity contribution < 1.29 is 14.6 Å². The zero-order chi connectivity index (χ0) is 14.0. The van der Waals surface area contributed by atoms with Crippen molar-refractivity contribution in [1.29, 1.82) is 0 Å². The van der Waals surface area contributed by atoms with Crippen molar-refractivity contribution in [1.82, 2.24) is 0 Å². The van der Waals surface area contributed by atoms with Gasteiger partial charge in [0.2, 0.25) is 0 Å². The summed E-state index contributed by atoms with van der Waals surface area (Å²) < 4.78 is 5.73. The van der Waals surface area contributed by atoms with Crippen LogP contribution in [0.2, 0.25) is 5.02 Å². The lowest BCUT2D eigenvalue weighted by molar-refractivity contribution is 0.0697. The molecule has 2 aromatic rings. The van der Waals surface area contributed by atoms with E-state index in [1.165, 1.54) is 12.1 Å². The SMILES string of the molecule is Cc1ccc(C)c(Oc2ccc(C(=O)O)c(Cl)c2)c1. The first-order chi connectivity index (χ1) is 8.97. The first-order valence-electron chi connectivity index (χ1n) is 5.75. The fourth-order valence-electron chi connectivity index (χ4n) is 1.68. The van der Waals surface area contributed by atoms with Crippen LogP contribution in [0.4, 0.5) is 0 Å². The molecule has 0 bridgehead atoms. The Balaban J connectivity index is 2.31. The zero-order valence-corrected chi connectivity index (χ0v) is 11.4. The highest BCUT2D eigenvalue weighted by molar-refractivity contribution is 6.33.